The Hall–Kier alpha value is -1.71. The number of rotatable bonds is 4. The SMILES string of the molecule is N#Cc1ccc(CN2CCC3(CCCOC3)C2)c(OC(F)F)c1. The molecule has 0 radical (unpaired) electrons. The third-order valence-corrected chi connectivity index (χ3v) is 4.73. The zero-order chi connectivity index (χ0) is 16.3. The van der Waals surface area contributed by atoms with Crippen LogP contribution in [-0.4, -0.2) is 37.8 Å². The second kappa shape index (κ2) is 6.81. The maximum Gasteiger partial charge on any atom is 0.387 e. The van der Waals surface area contributed by atoms with E-state index in [9.17, 15) is 8.78 Å². The van der Waals surface area contributed by atoms with Crippen molar-refractivity contribution in [2.75, 3.05) is 26.3 Å². The summed E-state index contributed by atoms with van der Waals surface area (Å²) in [6.45, 7) is 1.13. The highest BCUT2D eigenvalue weighted by Crippen LogP contribution is 2.39. The van der Waals surface area contributed by atoms with Gasteiger partial charge in [-0.2, -0.15) is 14.0 Å². The molecule has 2 aliphatic heterocycles. The summed E-state index contributed by atoms with van der Waals surface area (Å²) >= 11 is 0. The number of benzene rings is 1. The average molecular weight is 322 g/mol. The predicted molar refractivity (Wildman–Crippen MR) is 80.2 cm³/mol. The minimum absolute atomic E-state index is 0.0971. The van der Waals surface area contributed by atoms with E-state index in [1.54, 1.807) is 12.1 Å². The molecular formula is C17H20F2N2O2. The van der Waals surface area contributed by atoms with Gasteiger partial charge in [0.15, 0.2) is 0 Å². The maximum atomic E-state index is 12.6. The fourth-order valence-corrected chi connectivity index (χ4v) is 3.60. The Kier molecular flexibility index (Phi) is 4.79. The van der Waals surface area contributed by atoms with Crippen molar-refractivity contribution >= 4 is 0 Å². The first-order chi connectivity index (χ1) is 11.1. The number of ether oxygens (including phenoxy) is 2. The molecule has 2 saturated heterocycles. The molecule has 6 heteroatoms. The molecule has 124 valence electrons. The van der Waals surface area contributed by atoms with Crippen LogP contribution in [0.15, 0.2) is 18.2 Å². The summed E-state index contributed by atoms with van der Waals surface area (Å²) in [5.74, 6) is 0.0971. The highest BCUT2D eigenvalue weighted by atomic mass is 19.3. The van der Waals surface area contributed by atoms with E-state index in [2.05, 4.69) is 9.64 Å². The van der Waals surface area contributed by atoms with Gasteiger partial charge < -0.3 is 9.47 Å². The summed E-state index contributed by atoms with van der Waals surface area (Å²) in [7, 11) is 0. The molecule has 1 spiro atoms. The van der Waals surface area contributed by atoms with E-state index in [1.807, 2.05) is 6.07 Å². The molecular weight excluding hydrogens is 302 g/mol. The first-order valence-corrected chi connectivity index (χ1v) is 7.88. The van der Waals surface area contributed by atoms with Crippen molar-refractivity contribution in [3.05, 3.63) is 29.3 Å². The first-order valence-electron chi connectivity index (χ1n) is 7.88. The van der Waals surface area contributed by atoms with Crippen molar-refractivity contribution in [2.45, 2.75) is 32.4 Å². The Morgan fingerprint density at radius 3 is 2.96 bits per heavy atom. The molecule has 1 aromatic carbocycles. The fourth-order valence-electron chi connectivity index (χ4n) is 3.60. The number of nitriles is 1. The van der Waals surface area contributed by atoms with Crippen molar-refractivity contribution in [2.24, 2.45) is 5.41 Å². The monoisotopic (exact) mass is 322 g/mol. The third kappa shape index (κ3) is 3.80. The minimum Gasteiger partial charge on any atom is -0.434 e. The standard InChI is InChI=1S/C17H20F2N2O2/c18-16(19)23-15-8-13(9-20)2-3-14(15)10-21-6-5-17(11-21)4-1-7-22-12-17/h2-3,8,16H,1,4-7,10-12H2. The van der Waals surface area contributed by atoms with Gasteiger partial charge in [0.25, 0.3) is 0 Å². The van der Waals surface area contributed by atoms with Crippen molar-refractivity contribution in [1.82, 2.24) is 4.90 Å². The second-order valence-corrected chi connectivity index (χ2v) is 6.43. The van der Waals surface area contributed by atoms with E-state index in [1.165, 1.54) is 6.07 Å². The van der Waals surface area contributed by atoms with Gasteiger partial charge >= 0.3 is 6.61 Å². The van der Waals surface area contributed by atoms with Crippen LogP contribution < -0.4 is 4.74 Å². The number of hydrogen-bond donors (Lipinski definition) is 0. The van der Waals surface area contributed by atoms with Gasteiger partial charge in [0.1, 0.15) is 5.75 Å². The van der Waals surface area contributed by atoms with Crippen molar-refractivity contribution in [3.8, 4) is 11.8 Å². The molecule has 23 heavy (non-hydrogen) atoms. The van der Waals surface area contributed by atoms with Crippen LogP contribution in [0.4, 0.5) is 8.78 Å². The predicted octanol–water partition coefficient (Wildman–Crippen LogP) is 3.16. The van der Waals surface area contributed by atoms with E-state index in [-0.39, 0.29) is 11.2 Å². The average Bonchev–Trinajstić information content (AvgIpc) is 2.91. The third-order valence-electron chi connectivity index (χ3n) is 4.73. The molecule has 2 fully saturated rings. The van der Waals surface area contributed by atoms with E-state index in [0.29, 0.717) is 17.7 Å². The van der Waals surface area contributed by atoms with E-state index >= 15 is 0 Å². The van der Waals surface area contributed by atoms with Gasteiger partial charge in [0.05, 0.1) is 18.2 Å². The lowest BCUT2D eigenvalue weighted by Crippen LogP contribution is -2.34. The fraction of sp³-hybridized carbons (Fsp3) is 0.588. The van der Waals surface area contributed by atoms with Gasteiger partial charge in [-0.15, -0.1) is 0 Å². The highest BCUT2D eigenvalue weighted by molar-refractivity contribution is 5.42. The highest BCUT2D eigenvalue weighted by Gasteiger charge is 2.39. The van der Waals surface area contributed by atoms with Crippen LogP contribution in [0, 0.1) is 16.7 Å². The summed E-state index contributed by atoms with van der Waals surface area (Å²) in [5.41, 5.74) is 1.23. The van der Waals surface area contributed by atoms with Gasteiger partial charge in [-0.3, -0.25) is 4.90 Å². The molecule has 0 N–H and O–H groups in total. The molecule has 1 aromatic rings. The lowest BCUT2D eigenvalue weighted by molar-refractivity contribution is -0.0508. The maximum absolute atomic E-state index is 12.6. The van der Waals surface area contributed by atoms with Gasteiger partial charge in [-0.05, 0) is 37.9 Å². The van der Waals surface area contributed by atoms with Gasteiger partial charge in [-0.25, -0.2) is 0 Å². The zero-order valence-corrected chi connectivity index (χ0v) is 12.9. The molecule has 0 aromatic heterocycles. The Balaban J connectivity index is 1.71. The largest absolute Gasteiger partial charge is 0.434 e. The van der Waals surface area contributed by atoms with E-state index in [4.69, 9.17) is 10.00 Å². The number of likely N-dealkylation sites (tertiary alicyclic amines) is 1. The van der Waals surface area contributed by atoms with Gasteiger partial charge in [0, 0.05) is 30.7 Å². The van der Waals surface area contributed by atoms with Gasteiger partial charge in [-0.1, -0.05) is 6.07 Å². The van der Waals surface area contributed by atoms with Crippen molar-refractivity contribution in [1.29, 1.82) is 5.26 Å². The molecule has 0 aliphatic carbocycles. The smallest absolute Gasteiger partial charge is 0.387 e. The molecule has 2 aliphatic rings. The van der Waals surface area contributed by atoms with Crippen molar-refractivity contribution < 1.29 is 18.3 Å². The van der Waals surface area contributed by atoms with Crippen LogP contribution in [-0.2, 0) is 11.3 Å². The normalized spacial score (nSPS) is 25.0. The Morgan fingerprint density at radius 1 is 1.39 bits per heavy atom. The summed E-state index contributed by atoms with van der Waals surface area (Å²) in [4.78, 5) is 2.26. The molecule has 3 rings (SSSR count). The van der Waals surface area contributed by atoms with Crippen LogP contribution in [0.2, 0.25) is 0 Å². The lowest BCUT2D eigenvalue weighted by atomic mass is 9.82. The summed E-state index contributed by atoms with van der Waals surface area (Å²) in [5, 5.41) is 8.92. The van der Waals surface area contributed by atoms with Crippen LogP contribution in [0.5, 0.6) is 5.75 Å². The molecule has 1 atom stereocenters. The molecule has 4 nitrogen and oxygen atoms in total. The summed E-state index contributed by atoms with van der Waals surface area (Å²) < 4.78 is 35.4. The van der Waals surface area contributed by atoms with E-state index in [0.717, 1.165) is 45.6 Å². The van der Waals surface area contributed by atoms with Crippen LogP contribution in [0.3, 0.4) is 0 Å². The summed E-state index contributed by atoms with van der Waals surface area (Å²) in [6, 6.07) is 6.69. The number of nitrogens with zero attached hydrogens (tertiary/aromatic N) is 2. The van der Waals surface area contributed by atoms with Crippen LogP contribution >= 0.6 is 0 Å². The molecule has 0 saturated carbocycles. The lowest BCUT2D eigenvalue weighted by Gasteiger charge is -2.33. The molecule has 1 unspecified atom stereocenters. The number of halogens is 2. The number of alkyl halides is 2. The van der Waals surface area contributed by atoms with Gasteiger partial charge in [0.2, 0.25) is 0 Å². The van der Waals surface area contributed by atoms with Crippen molar-refractivity contribution in [3.63, 3.8) is 0 Å². The Morgan fingerprint density at radius 2 is 2.26 bits per heavy atom. The molecule has 0 amide bonds. The minimum atomic E-state index is -2.89. The topological polar surface area (TPSA) is 45.5 Å². The Labute approximate surface area is 134 Å². The second-order valence-electron chi connectivity index (χ2n) is 6.43. The summed E-state index contributed by atoms with van der Waals surface area (Å²) in [6.07, 6.45) is 3.33. The Bertz CT molecular complexity index is 595. The molecule has 2 heterocycles. The van der Waals surface area contributed by atoms with Crippen LogP contribution in [0.25, 0.3) is 0 Å². The quantitative estimate of drug-likeness (QED) is 0.854. The number of hydrogen-bond acceptors (Lipinski definition) is 4. The molecule has 0 bridgehead atoms. The van der Waals surface area contributed by atoms with Crippen LogP contribution in [0.1, 0.15) is 30.4 Å². The first kappa shape index (κ1) is 16.2. The van der Waals surface area contributed by atoms with E-state index < -0.39 is 6.61 Å². The zero-order valence-electron chi connectivity index (χ0n) is 12.9.